The Kier molecular flexibility index (Phi) is 10.6. The molecule has 3 rings (SSSR count). The molecular formula is C29H42ClN5O4. The normalized spacial score (nSPS) is 18.4. The van der Waals surface area contributed by atoms with Gasteiger partial charge in [0.05, 0.1) is 19.3 Å². The third-order valence-electron chi connectivity index (χ3n) is 8.02. The number of carbonyl (C=O) groups excluding carboxylic acids is 2. The lowest BCUT2D eigenvalue weighted by Gasteiger charge is -2.40. The van der Waals surface area contributed by atoms with E-state index in [1.54, 1.807) is 6.07 Å². The molecule has 0 radical (unpaired) electrons. The monoisotopic (exact) mass is 559 g/mol. The summed E-state index contributed by atoms with van der Waals surface area (Å²) < 4.78 is 11.0. The van der Waals surface area contributed by atoms with Gasteiger partial charge in [-0.05, 0) is 48.1 Å². The molecule has 2 fully saturated rings. The average Bonchev–Trinajstić information content (AvgIpc) is 2.85. The number of nitrogens with one attached hydrogen (secondary N) is 2. The third-order valence-corrected chi connectivity index (χ3v) is 8.39. The molecule has 2 aliphatic rings. The molecule has 0 aromatic heterocycles. The van der Waals surface area contributed by atoms with Gasteiger partial charge in [-0.25, -0.2) is 9.79 Å². The number of hydrogen-bond donors (Lipinski definition) is 2. The predicted octanol–water partition coefficient (Wildman–Crippen LogP) is 4.69. The summed E-state index contributed by atoms with van der Waals surface area (Å²) in [5.41, 5.74) is 0.338. The molecule has 2 unspecified atom stereocenters. The summed E-state index contributed by atoms with van der Waals surface area (Å²) in [4.78, 5) is 33.2. The largest absolute Gasteiger partial charge is 0.446 e. The number of morpholine rings is 1. The van der Waals surface area contributed by atoms with Gasteiger partial charge in [-0.2, -0.15) is 5.26 Å². The van der Waals surface area contributed by atoms with E-state index in [4.69, 9.17) is 26.1 Å². The fraction of sp³-hybridized carbons (Fsp3) is 0.655. The maximum absolute atomic E-state index is 13.7. The maximum atomic E-state index is 13.7. The first-order valence-corrected chi connectivity index (χ1v) is 14.1. The molecule has 39 heavy (non-hydrogen) atoms. The minimum atomic E-state index is -0.858. The van der Waals surface area contributed by atoms with Crippen molar-refractivity contribution < 1.29 is 19.1 Å². The highest BCUT2D eigenvalue weighted by atomic mass is 35.5. The highest BCUT2D eigenvalue weighted by Gasteiger charge is 2.38. The number of ether oxygens (including phenoxy) is 2. The summed E-state index contributed by atoms with van der Waals surface area (Å²) in [6.45, 7) is 12.6. The topological polar surface area (TPSA) is 116 Å². The molecule has 2 atom stereocenters. The lowest BCUT2D eigenvalue weighted by atomic mass is 9.66. The Bertz CT molecular complexity index is 1070. The van der Waals surface area contributed by atoms with Crippen LogP contribution in [0.15, 0.2) is 29.3 Å². The molecule has 1 aliphatic carbocycles. The second-order valence-electron chi connectivity index (χ2n) is 12.0. The first-order chi connectivity index (χ1) is 18.4. The maximum Gasteiger partial charge on any atom is 0.414 e. The summed E-state index contributed by atoms with van der Waals surface area (Å²) >= 11 is 6.30. The lowest BCUT2D eigenvalue weighted by molar-refractivity contribution is -0.123. The van der Waals surface area contributed by atoms with E-state index in [0.717, 1.165) is 24.8 Å². The smallest absolute Gasteiger partial charge is 0.414 e. The number of nitrogens with zero attached hydrogens (tertiary/aromatic N) is 3. The van der Waals surface area contributed by atoms with E-state index in [1.165, 1.54) is 0 Å². The van der Waals surface area contributed by atoms with Gasteiger partial charge in [0.25, 0.3) is 0 Å². The van der Waals surface area contributed by atoms with Crippen molar-refractivity contribution in [2.75, 3.05) is 26.3 Å². The Hall–Kier alpha value is -2.83. The van der Waals surface area contributed by atoms with E-state index in [9.17, 15) is 14.9 Å². The van der Waals surface area contributed by atoms with Crippen molar-refractivity contribution in [1.82, 2.24) is 15.5 Å². The Labute approximate surface area is 237 Å². The standard InChI is InChI=1S/C29H42ClN5O4/c1-28(2,3)29(4,5)18-24(25(36)32-21(19-31)17-20-9-6-7-12-23(20)30)33-26(35-13-15-38-16-14-35)34-27(37)39-22-10-8-11-22/h6-7,9,12,21-22,24H,8,10-11,13-18H2,1-5H3,(H,32,36)(H,33,34,37). The van der Waals surface area contributed by atoms with Gasteiger partial charge in [-0.15, -0.1) is 0 Å². The number of hydrogen-bond acceptors (Lipinski definition) is 6. The molecule has 1 saturated heterocycles. The minimum Gasteiger partial charge on any atom is -0.446 e. The van der Waals surface area contributed by atoms with Crippen molar-refractivity contribution in [3.63, 3.8) is 0 Å². The van der Waals surface area contributed by atoms with Crippen LogP contribution < -0.4 is 10.6 Å². The van der Waals surface area contributed by atoms with Crippen LogP contribution in [0.4, 0.5) is 4.79 Å². The summed E-state index contributed by atoms with van der Waals surface area (Å²) in [6.07, 6.45) is 2.75. The molecule has 1 aromatic carbocycles. The summed E-state index contributed by atoms with van der Waals surface area (Å²) in [7, 11) is 0. The molecule has 1 saturated carbocycles. The Morgan fingerprint density at radius 3 is 2.44 bits per heavy atom. The molecular weight excluding hydrogens is 518 g/mol. The van der Waals surface area contributed by atoms with Gasteiger partial charge in [0.15, 0.2) is 0 Å². The van der Waals surface area contributed by atoms with Crippen LogP contribution in [0.1, 0.15) is 65.9 Å². The zero-order valence-corrected chi connectivity index (χ0v) is 24.5. The molecule has 1 aromatic rings. The predicted molar refractivity (Wildman–Crippen MR) is 151 cm³/mol. The van der Waals surface area contributed by atoms with Gasteiger partial charge in [-0.1, -0.05) is 64.4 Å². The molecule has 1 aliphatic heterocycles. The van der Waals surface area contributed by atoms with Crippen molar-refractivity contribution in [3.05, 3.63) is 34.9 Å². The first kappa shape index (κ1) is 30.7. The van der Waals surface area contributed by atoms with Gasteiger partial charge in [0, 0.05) is 24.5 Å². The molecule has 214 valence electrons. The van der Waals surface area contributed by atoms with E-state index in [-0.39, 0.29) is 35.2 Å². The number of guanidine groups is 1. The van der Waals surface area contributed by atoms with Crippen LogP contribution in [-0.4, -0.2) is 67.4 Å². The molecule has 9 nitrogen and oxygen atoms in total. The summed E-state index contributed by atoms with van der Waals surface area (Å²) in [5, 5.41) is 16.1. The van der Waals surface area contributed by atoms with E-state index < -0.39 is 18.2 Å². The Balaban J connectivity index is 1.88. The highest BCUT2D eigenvalue weighted by Crippen LogP contribution is 2.42. The second-order valence-corrected chi connectivity index (χ2v) is 12.4. The third kappa shape index (κ3) is 8.84. The number of amides is 2. The highest BCUT2D eigenvalue weighted by molar-refractivity contribution is 6.31. The van der Waals surface area contributed by atoms with E-state index in [2.05, 4.69) is 51.3 Å². The Morgan fingerprint density at radius 1 is 1.21 bits per heavy atom. The first-order valence-electron chi connectivity index (χ1n) is 13.7. The van der Waals surface area contributed by atoms with Crippen LogP contribution in [0, 0.1) is 22.2 Å². The number of alkyl carbamates (subject to hydrolysis) is 1. The summed E-state index contributed by atoms with van der Waals surface area (Å²) in [6, 6.07) is 7.80. The zero-order chi connectivity index (χ0) is 28.6. The molecule has 0 bridgehead atoms. The number of rotatable bonds is 8. The van der Waals surface area contributed by atoms with Gasteiger partial charge in [-0.3, -0.25) is 10.1 Å². The summed E-state index contributed by atoms with van der Waals surface area (Å²) in [5.74, 6) is -0.0991. The van der Waals surface area contributed by atoms with Crippen molar-refractivity contribution in [2.24, 2.45) is 15.8 Å². The van der Waals surface area contributed by atoms with Gasteiger partial charge < -0.3 is 19.7 Å². The van der Waals surface area contributed by atoms with Crippen molar-refractivity contribution >= 4 is 29.6 Å². The Morgan fingerprint density at radius 2 is 1.87 bits per heavy atom. The molecule has 2 amide bonds. The fourth-order valence-corrected chi connectivity index (χ4v) is 4.36. The molecule has 10 heteroatoms. The van der Waals surface area contributed by atoms with Crippen molar-refractivity contribution in [1.29, 1.82) is 5.26 Å². The van der Waals surface area contributed by atoms with Crippen LogP contribution in [0.2, 0.25) is 5.02 Å². The number of benzene rings is 1. The number of aliphatic imine (C=N–C) groups is 1. The second kappa shape index (κ2) is 13.5. The molecule has 0 spiro atoms. The average molecular weight is 560 g/mol. The van der Waals surface area contributed by atoms with E-state index >= 15 is 0 Å². The van der Waals surface area contributed by atoms with Crippen LogP contribution >= 0.6 is 11.6 Å². The molecule has 1 heterocycles. The number of carbonyl (C=O) groups is 2. The fourth-order valence-electron chi connectivity index (χ4n) is 4.14. The van der Waals surface area contributed by atoms with Crippen molar-refractivity contribution in [3.8, 4) is 6.07 Å². The van der Waals surface area contributed by atoms with E-state index in [0.29, 0.717) is 37.7 Å². The van der Waals surface area contributed by atoms with Gasteiger partial charge in [0.2, 0.25) is 11.9 Å². The zero-order valence-electron chi connectivity index (χ0n) is 23.8. The lowest BCUT2D eigenvalue weighted by Crippen LogP contribution is -2.52. The molecule has 2 N–H and O–H groups in total. The SMILES string of the molecule is CC(C)(C)C(C)(C)CC(N=C(NC(=O)OC1CCC1)N1CCOCC1)C(=O)NC(C#N)Cc1ccccc1Cl. The van der Waals surface area contributed by atoms with Crippen LogP contribution in [0.3, 0.4) is 0 Å². The van der Waals surface area contributed by atoms with Gasteiger partial charge >= 0.3 is 6.09 Å². The van der Waals surface area contributed by atoms with E-state index in [1.807, 2.05) is 23.1 Å². The minimum absolute atomic E-state index is 0.0870. The number of nitriles is 1. The number of halogens is 1. The van der Waals surface area contributed by atoms with Crippen molar-refractivity contribution in [2.45, 2.75) is 84.9 Å². The van der Waals surface area contributed by atoms with Crippen LogP contribution in [0.25, 0.3) is 0 Å². The van der Waals surface area contributed by atoms with Crippen LogP contribution in [-0.2, 0) is 20.7 Å². The van der Waals surface area contributed by atoms with Crippen LogP contribution in [0.5, 0.6) is 0 Å². The quantitative estimate of drug-likeness (QED) is 0.352. The van der Waals surface area contributed by atoms with Gasteiger partial charge in [0.1, 0.15) is 18.2 Å².